The molecule has 1 saturated heterocycles. The van der Waals surface area contributed by atoms with Gasteiger partial charge in [-0.2, -0.15) is 0 Å². The lowest BCUT2D eigenvalue weighted by atomic mass is 10.0. The van der Waals surface area contributed by atoms with Crippen LogP contribution in [0.15, 0.2) is 23.9 Å². The van der Waals surface area contributed by atoms with Gasteiger partial charge in [-0.1, -0.05) is 67.5 Å². The largest absolute Gasteiger partial charge is 0.460 e. The van der Waals surface area contributed by atoms with Crippen molar-refractivity contribution in [3.05, 3.63) is 23.9 Å². The minimum absolute atomic E-state index is 0.0259. The molecule has 0 aliphatic carbocycles. The first-order valence-electron chi connectivity index (χ1n) is 12.7. The summed E-state index contributed by atoms with van der Waals surface area (Å²) >= 11 is 0. The number of amides is 3. The Kier molecular flexibility index (Phi) is 13.0. The van der Waals surface area contributed by atoms with Crippen LogP contribution in [0.3, 0.4) is 0 Å². The zero-order chi connectivity index (χ0) is 27.5. The van der Waals surface area contributed by atoms with E-state index >= 15 is 0 Å². The van der Waals surface area contributed by atoms with Gasteiger partial charge in [0, 0.05) is 24.3 Å². The van der Waals surface area contributed by atoms with Crippen LogP contribution in [0, 0.1) is 11.8 Å². The predicted octanol–water partition coefficient (Wildman–Crippen LogP) is 1.61. The van der Waals surface area contributed by atoms with Crippen molar-refractivity contribution in [1.29, 1.82) is 0 Å². The summed E-state index contributed by atoms with van der Waals surface area (Å²) in [6.45, 7) is 8.82. The summed E-state index contributed by atoms with van der Waals surface area (Å²) in [6, 6.07) is -2.69. The molecule has 2 heterocycles. The maximum absolute atomic E-state index is 13.2. The Morgan fingerprint density at radius 1 is 1.00 bits per heavy atom. The lowest BCUT2D eigenvalue weighted by Crippen LogP contribution is -2.58. The molecule has 0 aromatic rings. The Morgan fingerprint density at radius 2 is 1.70 bits per heavy atom. The number of esters is 1. The third-order valence-corrected chi connectivity index (χ3v) is 8.42. The molecular weight excluding hydrogens is 516 g/mol. The minimum Gasteiger partial charge on any atom is -0.460 e. The molecule has 0 radical (unpaired) electrons. The zero-order valence-corrected chi connectivity index (χ0v) is 23.7. The van der Waals surface area contributed by atoms with Crippen molar-refractivity contribution in [2.45, 2.75) is 84.3 Å². The molecule has 0 spiro atoms. The van der Waals surface area contributed by atoms with Crippen molar-refractivity contribution < 1.29 is 29.0 Å². The summed E-state index contributed by atoms with van der Waals surface area (Å²) in [7, 11) is 3.03. The first-order chi connectivity index (χ1) is 17.5. The Hall–Kier alpha value is -2.02. The molecule has 10 nitrogen and oxygen atoms in total. The number of nitrogens with one attached hydrogen (secondary N) is 4. The van der Waals surface area contributed by atoms with Crippen LogP contribution in [0.5, 0.6) is 0 Å². The molecule has 1 fully saturated rings. The van der Waals surface area contributed by atoms with E-state index in [4.69, 9.17) is 4.74 Å². The minimum atomic E-state index is -1.15. The summed E-state index contributed by atoms with van der Waals surface area (Å²) in [5.74, 6) is -1.70. The van der Waals surface area contributed by atoms with Crippen LogP contribution in [-0.2, 0) is 23.9 Å². The van der Waals surface area contributed by atoms with E-state index in [9.17, 15) is 24.3 Å². The van der Waals surface area contributed by atoms with Crippen molar-refractivity contribution in [3.8, 4) is 0 Å². The van der Waals surface area contributed by atoms with E-state index in [0.717, 1.165) is 12.2 Å². The van der Waals surface area contributed by atoms with Crippen LogP contribution in [0.4, 0.5) is 0 Å². The summed E-state index contributed by atoms with van der Waals surface area (Å²) in [5.41, 5.74) is -0.0259. The van der Waals surface area contributed by atoms with E-state index in [0.29, 0.717) is 6.42 Å². The molecule has 2 aliphatic heterocycles. The third-order valence-electron chi connectivity index (χ3n) is 5.97. The fourth-order valence-corrected chi connectivity index (χ4v) is 5.98. The quantitative estimate of drug-likeness (QED) is 0.148. The fraction of sp³-hybridized carbons (Fsp3) is 0.680. The van der Waals surface area contributed by atoms with Gasteiger partial charge in [-0.3, -0.25) is 19.7 Å². The molecule has 1 unspecified atom stereocenters. The highest BCUT2D eigenvalue weighted by atomic mass is 33.1. The van der Waals surface area contributed by atoms with E-state index in [1.165, 1.54) is 16.9 Å². The number of aliphatic hydroxyl groups is 1. The normalized spacial score (nSPS) is 31.7. The number of carbonyl (C=O) groups is 4. The number of hydrogen-bond acceptors (Lipinski definition) is 9. The molecule has 208 valence electrons. The Morgan fingerprint density at radius 3 is 2.35 bits per heavy atom. The van der Waals surface area contributed by atoms with Crippen molar-refractivity contribution in [3.63, 3.8) is 0 Å². The number of allylic oxidation sites excluding steroid dienone is 2. The molecule has 2 aliphatic rings. The Labute approximate surface area is 227 Å². The van der Waals surface area contributed by atoms with Gasteiger partial charge < -0.3 is 25.8 Å². The van der Waals surface area contributed by atoms with Gasteiger partial charge in [0.15, 0.2) is 0 Å². The molecule has 3 amide bonds. The monoisotopic (exact) mass is 556 g/mol. The van der Waals surface area contributed by atoms with Gasteiger partial charge in [0.2, 0.25) is 11.8 Å². The van der Waals surface area contributed by atoms with Crippen molar-refractivity contribution >= 4 is 45.3 Å². The highest BCUT2D eigenvalue weighted by Crippen LogP contribution is 2.24. The molecule has 2 rings (SSSR count). The standard InChI is InChI=1S/C25H40N4O6S2/c1-6-17-22(31)29-21(15(4)5)25(34)35-16-10-8-7-9-11-36-37-13-18(23(32)26-17)27-24(33)20(14(2)3)28-19(30)12-16/h6-8,14-16,18-21,28,30H,9-13H2,1-5H3,(H,26,32)(H,27,33)(H,29,31)/b8-7+,17-6-/t16-,18-,19?,20-,21+/m1/s1. The SMILES string of the molecule is C/C=C1\NC(=O)[C@H]2CSSCC/C=C/C[C@H](CC(O)N[C@H](C(C)C)C(=O)N2)OC(=O)[C@H](C(C)C)NC1=O. The average molecular weight is 557 g/mol. The van der Waals surface area contributed by atoms with Crippen molar-refractivity contribution in [2.75, 3.05) is 11.5 Å². The fourth-order valence-electron chi connectivity index (χ4n) is 3.82. The van der Waals surface area contributed by atoms with Crippen LogP contribution < -0.4 is 21.3 Å². The van der Waals surface area contributed by atoms with E-state index in [1.54, 1.807) is 31.6 Å². The molecule has 2 bridgehead atoms. The van der Waals surface area contributed by atoms with Crippen LogP contribution in [0.25, 0.3) is 0 Å². The zero-order valence-electron chi connectivity index (χ0n) is 22.1. The molecule has 0 aromatic carbocycles. The van der Waals surface area contributed by atoms with Crippen LogP contribution >= 0.6 is 21.6 Å². The van der Waals surface area contributed by atoms with E-state index < -0.39 is 54.1 Å². The highest BCUT2D eigenvalue weighted by Gasteiger charge is 2.33. The summed E-state index contributed by atoms with van der Waals surface area (Å²) < 4.78 is 5.77. The van der Waals surface area contributed by atoms with Gasteiger partial charge >= 0.3 is 5.97 Å². The molecule has 5 N–H and O–H groups in total. The second kappa shape index (κ2) is 15.4. The average Bonchev–Trinajstić information content (AvgIpc) is 2.82. The lowest BCUT2D eigenvalue weighted by Gasteiger charge is -2.30. The summed E-state index contributed by atoms with van der Waals surface area (Å²) in [6.07, 6.45) is 4.70. The number of aliphatic hydroxyl groups excluding tert-OH is 1. The first kappa shape index (κ1) is 31.2. The summed E-state index contributed by atoms with van der Waals surface area (Å²) in [4.78, 5) is 52.6. The molecule has 37 heavy (non-hydrogen) atoms. The lowest BCUT2D eigenvalue weighted by molar-refractivity contribution is -0.155. The number of fused-ring (bicyclic) bond motifs is 7. The second-order valence-corrected chi connectivity index (χ2v) is 12.4. The molecule has 0 aromatic heterocycles. The van der Waals surface area contributed by atoms with Gasteiger partial charge in [0.1, 0.15) is 30.1 Å². The van der Waals surface area contributed by atoms with E-state index in [-0.39, 0.29) is 29.7 Å². The van der Waals surface area contributed by atoms with E-state index in [1.807, 2.05) is 26.0 Å². The highest BCUT2D eigenvalue weighted by molar-refractivity contribution is 8.76. The van der Waals surface area contributed by atoms with Crippen molar-refractivity contribution in [1.82, 2.24) is 21.3 Å². The molecule has 0 saturated carbocycles. The van der Waals surface area contributed by atoms with E-state index in [2.05, 4.69) is 21.3 Å². The van der Waals surface area contributed by atoms with Gasteiger partial charge in [0.25, 0.3) is 5.91 Å². The predicted molar refractivity (Wildman–Crippen MR) is 146 cm³/mol. The van der Waals surface area contributed by atoms with Crippen LogP contribution in [-0.4, -0.2) is 70.8 Å². The molecule has 5 atom stereocenters. The third kappa shape index (κ3) is 9.99. The molecule has 12 heteroatoms. The van der Waals surface area contributed by atoms with Gasteiger partial charge in [0.05, 0.1) is 6.04 Å². The number of carbonyl (C=O) groups excluding carboxylic acids is 4. The maximum atomic E-state index is 13.2. The number of rotatable bonds is 2. The molecular formula is C25H40N4O6S2. The van der Waals surface area contributed by atoms with Gasteiger partial charge in [-0.05, 0) is 25.2 Å². The van der Waals surface area contributed by atoms with Crippen molar-refractivity contribution in [2.24, 2.45) is 11.8 Å². The van der Waals surface area contributed by atoms with Gasteiger partial charge in [-0.25, -0.2) is 4.79 Å². The number of ether oxygens (including phenoxy) is 1. The number of hydrogen-bond donors (Lipinski definition) is 5. The first-order valence-corrected chi connectivity index (χ1v) is 15.1. The second-order valence-electron chi connectivity index (χ2n) is 9.75. The van der Waals surface area contributed by atoms with Gasteiger partial charge in [-0.15, -0.1) is 0 Å². The smallest absolute Gasteiger partial charge is 0.329 e. The Balaban J connectivity index is 2.54. The topological polar surface area (TPSA) is 146 Å². The maximum Gasteiger partial charge on any atom is 0.329 e. The van der Waals surface area contributed by atoms with Crippen LogP contribution in [0.2, 0.25) is 0 Å². The summed E-state index contributed by atoms with van der Waals surface area (Å²) in [5, 5.41) is 21.8. The Bertz CT molecular complexity index is 879. The van der Waals surface area contributed by atoms with Crippen LogP contribution in [0.1, 0.15) is 53.9 Å².